The van der Waals surface area contributed by atoms with Gasteiger partial charge in [0.2, 0.25) is 0 Å². The van der Waals surface area contributed by atoms with E-state index < -0.39 is 0 Å². The molecule has 0 saturated carbocycles. The van der Waals surface area contributed by atoms with Gasteiger partial charge in [-0.15, -0.1) is 10.2 Å². The monoisotopic (exact) mass is 397 g/mol. The maximum absolute atomic E-state index is 11.8. The predicted molar refractivity (Wildman–Crippen MR) is 108 cm³/mol. The van der Waals surface area contributed by atoms with Gasteiger partial charge < -0.3 is 9.47 Å². The van der Waals surface area contributed by atoms with Crippen molar-refractivity contribution in [2.45, 2.75) is 37.4 Å². The van der Waals surface area contributed by atoms with Crippen LogP contribution in [-0.2, 0) is 22.7 Å². The average molecular weight is 398 g/mol. The molecule has 1 aromatic heterocycles. The quantitative estimate of drug-likeness (QED) is 0.425. The zero-order valence-electron chi connectivity index (χ0n) is 16.2. The molecule has 2 aromatic carbocycles. The standard InChI is InChI=1S/C21H23N3O3S/c1-15-9-11-18(12-10-15)27-14-19-22-23-21(28-16(2)20(25)26-3)24(19)13-17-7-5-4-6-8-17/h4-12,16H,13-14H2,1-3H3. The number of aromatic nitrogens is 3. The van der Waals surface area contributed by atoms with Gasteiger partial charge in [0, 0.05) is 0 Å². The van der Waals surface area contributed by atoms with E-state index >= 15 is 0 Å². The second kappa shape index (κ2) is 9.41. The van der Waals surface area contributed by atoms with Crippen molar-refractivity contribution in [1.82, 2.24) is 14.8 Å². The Bertz CT molecular complexity index is 910. The smallest absolute Gasteiger partial charge is 0.318 e. The van der Waals surface area contributed by atoms with E-state index in [1.165, 1.54) is 24.4 Å². The van der Waals surface area contributed by atoms with Crippen LogP contribution in [-0.4, -0.2) is 33.1 Å². The SMILES string of the molecule is COC(=O)C(C)Sc1nnc(COc2ccc(C)cc2)n1Cc1ccccc1. The fourth-order valence-corrected chi connectivity index (χ4v) is 3.49. The van der Waals surface area contributed by atoms with E-state index in [0.717, 1.165) is 11.3 Å². The molecule has 0 amide bonds. The molecule has 1 unspecified atom stereocenters. The lowest BCUT2D eigenvalue weighted by Gasteiger charge is -2.13. The second-order valence-corrected chi connectivity index (χ2v) is 7.66. The van der Waals surface area contributed by atoms with Crippen LogP contribution in [0.15, 0.2) is 59.8 Å². The lowest BCUT2D eigenvalue weighted by atomic mass is 10.2. The van der Waals surface area contributed by atoms with Gasteiger partial charge in [-0.1, -0.05) is 59.8 Å². The van der Waals surface area contributed by atoms with Crippen molar-refractivity contribution in [3.05, 3.63) is 71.5 Å². The number of rotatable bonds is 8. The van der Waals surface area contributed by atoms with E-state index in [-0.39, 0.29) is 17.8 Å². The number of thioether (sulfide) groups is 1. The molecular formula is C21H23N3O3S. The minimum atomic E-state index is -0.380. The minimum absolute atomic E-state index is 0.288. The van der Waals surface area contributed by atoms with Crippen molar-refractivity contribution in [3.8, 4) is 5.75 Å². The van der Waals surface area contributed by atoms with Gasteiger partial charge >= 0.3 is 5.97 Å². The normalized spacial score (nSPS) is 11.8. The molecule has 0 radical (unpaired) electrons. The average Bonchev–Trinajstić information content (AvgIpc) is 3.09. The van der Waals surface area contributed by atoms with Crippen LogP contribution in [0.2, 0.25) is 0 Å². The molecule has 1 atom stereocenters. The maximum atomic E-state index is 11.8. The number of ether oxygens (including phenoxy) is 2. The molecule has 0 aliphatic rings. The highest BCUT2D eigenvalue weighted by Gasteiger charge is 2.21. The molecule has 6 nitrogen and oxygen atoms in total. The van der Waals surface area contributed by atoms with E-state index in [2.05, 4.69) is 10.2 Å². The highest BCUT2D eigenvalue weighted by molar-refractivity contribution is 8.00. The summed E-state index contributed by atoms with van der Waals surface area (Å²) in [5.41, 5.74) is 2.29. The van der Waals surface area contributed by atoms with Crippen molar-refractivity contribution in [1.29, 1.82) is 0 Å². The van der Waals surface area contributed by atoms with Crippen LogP contribution >= 0.6 is 11.8 Å². The van der Waals surface area contributed by atoms with Crippen LogP contribution in [0.4, 0.5) is 0 Å². The number of nitrogens with zero attached hydrogens (tertiary/aromatic N) is 3. The van der Waals surface area contributed by atoms with Gasteiger partial charge in [-0.05, 0) is 31.5 Å². The number of carbonyl (C=O) groups excluding carboxylic acids is 1. The number of hydrogen-bond acceptors (Lipinski definition) is 6. The van der Waals surface area contributed by atoms with E-state index in [0.29, 0.717) is 17.5 Å². The van der Waals surface area contributed by atoms with Crippen LogP contribution in [0.3, 0.4) is 0 Å². The van der Waals surface area contributed by atoms with Crippen LogP contribution in [0.25, 0.3) is 0 Å². The van der Waals surface area contributed by atoms with Gasteiger partial charge in [0.05, 0.1) is 13.7 Å². The minimum Gasteiger partial charge on any atom is -0.486 e. The zero-order valence-corrected chi connectivity index (χ0v) is 17.0. The number of carbonyl (C=O) groups is 1. The second-order valence-electron chi connectivity index (χ2n) is 6.36. The van der Waals surface area contributed by atoms with Gasteiger partial charge in [0.25, 0.3) is 0 Å². The van der Waals surface area contributed by atoms with Crippen LogP contribution in [0.1, 0.15) is 23.9 Å². The summed E-state index contributed by atoms with van der Waals surface area (Å²) in [4.78, 5) is 11.8. The molecule has 0 saturated heterocycles. The molecule has 3 rings (SSSR count). The number of aryl methyl sites for hydroxylation is 1. The molecule has 0 aliphatic carbocycles. The zero-order chi connectivity index (χ0) is 19.9. The molecule has 1 heterocycles. The molecule has 0 aliphatic heterocycles. The van der Waals surface area contributed by atoms with Crippen LogP contribution in [0.5, 0.6) is 5.75 Å². The first-order valence-corrected chi connectivity index (χ1v) is 9.84. The maximum Gasteiger partial charge on any atom is 0.318 e. The Hall–Kier alpha value is -2.80. The molecule has 3 aromatic rings. The summed E-state index contributed by atoms with van der Waals surface area (Å²) in [6, 6.07) is 17.9. The third kappa shape index (κ3) is 5.13. The first kappa shape index (κ1) is 19.9. The lowest BCUT2D eigenvalue weighted by Crippen LogP contribution is -2.16. The Morgan fingerprint density at radius 2 is 1.82 bits per heavy atom. The molecule has 28 heavy (non-hydrogen) atoms. The largest absolute Gasteiger partial charge is 0.486 e. The molecule has 0 fully saturated rings. The first-order valence-electron chi connectivity index (χ1n) is 8.96. The Balaban J connectivity index is 1.81. The summed E-state index contributed by atoms with van der Waals surface area (Å²) in [6.45, 7) is 4.71. The topological polar surface area (TPSA) is 66.2 Å². The van der Waals surface area contributed by atoms with Gasteiger partial charge in [0.15, 0.2) is 11.0 Å². The van der Waals surface area contributed by atoms with E-state index in [1.807, 2.05) is 66.1 Å². The molecule has 0 N–H and O–H groups in total. The summed E-state index contributed by atoms with van der Waals surface area (Å²) in [5, 5.41) is 8.86. The highest BCUT2D eigenvalue weighted by atomic mass is 32.2. The molecule has 7 heteroatoms. The van der Waals surface area contributed by atoms with Crippen LogP contribution in [0, 0.1) is 6.92 Å². The Kier molecular flexibility index (Phi) is 6.71. The van der Waals surface area contributed by atoms with Crippen molar-refractivity contribution in [2.75, 3.05) is 7.11 Å². The number of methoxy groups -OCH3 is 1. The summed E-state index contributed by atoms with van der Waals surface area (Å²) < 4.78 is 12.7. The fraction of sp³-hybridized carbons (Fsp3) is 0.286. The predicted octanol–water partition coefficient (Wildman–Crippen LogP) is 3.87. The van der Waals surface area contributed by atoms with Crippen molar-refractivity contribution in [3.63, 3.8) is 0 Å². The van der Waals surface area contributed by atoms with Crippen molar-refractivity contribution >= 4 is 17.7 Å². The Morgan fingerprint density at radius 1 is 1.11 bits per heavy atom. The number of benzene rings is 2. The van der Waals surface area contributed by atoms with E-state index in [1.54, 1.807) is 6.92 Å². The number of esters is 1. The summed E-state index contributed by atoms with van der Waals surface area (Å²) in [5.74, 6) is 1.18. The van der Waals surface area contributed by atoms with Crippen molar-refractivity contribution in [2.24, 2.45) is 0 Å². The van der Waals surface area contributed by atoms with E-state index in [9.17, 15) is 4.79 Å². The van der Waals surface area contributed by atoms with Gasteiger partial charge in [0.1, 0.15) is 17.6 Å². The number of hydrogen-bond donors (Lipinski definition) is 0. The lowest BCUT2D eigenvalue weighted by molar-refractivity contribution is -0.139. The molecule has 0 bridgehead atoms. The van der Waals surface area contributed by atoms with Crippen LogP contribution < -0.4 is 4.74 Å². The van der Waals surface area contributed by atoms with Gasteiger partial charge in [-0.3, -0.25) is 9.36 Å². The van der Waals surface area contributed by atoms with Gasteiger partial charge in [-0.2, -0.15) is 0 Å². The van der Waals surface area contributed by atoms with Gasteiger partial charge in [-0.25, -0.2) is 0 Å². The summed E-state index contributed by atoms with van der Waals surface area (Å²) in [7, 11) is 1.38. The van der Waals surface area contributed by atoms with Crippen molar-refractivity contribution < 1.29 is 14.3 Å². The third-order valence-electron chi connectivity index (χ3n) is 4.18. The first-order chi connectivity index (χ1) is 13.6. The molecule has 146 valence electrons. The third-order valence-corrected chi connectivity index (χ3v) is 5.24. The highest BCUT2D eigenvalue weighted by Crippen LogP contribution is 2.25. The summed E-state index contributed by atoms with van der Waals surface area (Å²) >= 11 is 1.33. The Morgan fingerprint density at radius 3 is 2.50 bits per heavy atom. The van der Waals surface area contributed by atoms with E-state index in [4.69, 9.17) is 9.47 Å². The Labute approximate surface area is 168 Å². The molecular weight excluding hydrogens is 374 g/mol. The summed E-state index contributed by atoms with van der Waals surface area (Å²) in [6.07, 6.45) is 0. The fourth-order valence-electron chi connectivity index (χ4n) is 2.59. The molecule has 0 spiro atoms.